The molecule has 7 nitrogen and oxygen atoms in total. The van der Waals surface area contributed by atoms with E-state index in [2.05, 4.69) is 51.3 Å². The van der Waals surface area contributed by atoms with Crippen molar-refractivity contribution in [2.75, 3.05) is 13.1 Å². The molecule has 0 radical (unpaired) electrons. The van der Waals surface area contributed by atoms with Gasteiger partial charge in [0.2, 0.25) is 5.56 Å². The Kier molecular flexibility index (Phi) is 7.57. The third kappa shape index (κ3) is 5.90. The minimum atomic E-state index is -0.250. The van der Waals surface area contributed by atoms with Gasteiger partial charge in [-0.1, -0.05) is 35.9 Å². The van der Waals surface area contributed by atoms with Crippen molar-refractivity contribution in [1.29, 1.82) is 0 Å². The molecule has 1 saturated heterocycles. The van der Waals surface area contributed by atoms with Gasteiger partial charge in [0.25, 0.3) is 6.47 Å². The summed E-state index contributed by atoms with van der Waals surface area (Å²) in [5, 5.41) is 14.3. The van der Waals surface area contributed by atoms with Crippen molar-refractivity contribution < 1.29 is 9.90 Å². The summed E-state index contributed by atoms with van der Waals surface area (Å²) in [5.41, 5.74) is 6.05. The van der Waals surface area contributed by atoms with E-state index in [0.717, 1.165) is 31.7 Å². The molecule has 0 amide bonds. The van der Waals surface area contributed by atoms with Crippen molar-refractivity contribution in [2.24, 2.45) is 5.92 Å². The number of carbonyl (C=O) groups is 1. The zero-order valence-electron chi connectivity index (χ0n) is 17.2. The molecule has 3 aromatic rings. The van der Waals surface area contributed by atoms with Crippen molar-refractivity contribution in [1.82, 2.24) is 20.1 Å². The van der Waals surface area contributed by atoms with E-state index < -0.39 is 0 Å². The number of piperidine rings is 1. The molecule has 30 heavy (non-hydrogen) atoms. The standard InChI is InChI=1S/C22H26N4O.CH2O2/c1-16-2-5-19(6-3-16)22-20(14-24-25-22)15-26-10-8-17(9-11-26)12-18-4-7-21(27)23-13-18;2-1-3/h2-7,13-14,17H,8-12,15H2,1H3,(H,23,27)(H,24,25);1H,(H,2,3). The maximum absolute atomic E-state index is 11.2. The minimum absolute atomic E-state index is 0.0296. The van der Waals surface area contributed by atoms with Gasteiger partial charge in [0.05, 0.1) is 11.9 Å². The normalized spacial score (nSPS) is 14.7. The Morgan fingerprint density at radius 2 is 1.87 bits per heavy atom. The van der Waals surface area contributed by atoms with Crippen molar-refractivity contribution in [2.45, 2.75) is 32.7 Å². The maximum atomic E-state index is 11.2. The Hall–Kier alpha value is -3.19. The van der Waals surface area contributed by atoms with Crippen LogP contribution in [0.3, 0.4) is 0 Å². The van der Waals surface area contributed by atoms with Crippen LogP contribution in [0.1, 0.15) is 29.5 Å². The van der Waals surface area contributed by atoms with Gasteiger partial charge >= 0.3 is 0 Å². The topological polar surface area (TPSA) is 102 Å². The number of aryl methyl sites for hydroxylation is 1. The quantitative estimate of drug-likeness (QED) is 0.563. The van der Waals surface area contributed by atoms with E-state index in [1.54, 1.807) is 6.07 Å². The third-order valence-corrected chi connectivity index (χ3v) is 5.53. The van der Waals surface area contributed by atoms with E-state index in [0.29, 0.717) is 5.92 Å². The number of pyridine rings is 1. The highest BCUT2D eigenvalue weighted by Gasteiger charge is 2.21. The van der Waals surface area contributed by atoms with Gasteiger partial charge in [0.1, 0.15) is 0 Å². The summed E-state index contributed by atoms with van der Waals surface area (Å²) in [7, 11) is 0. The van der Waals surface area contributed by atoms with Gasteiger partial charge in [0.15, 0.2) is 0 Å². The molecular weight excluding hydrogens is 380 g/mol. The van der Waals surface area contributed by atoms with E-state index in [1.165, 1.54) is 35.1 Å². The monoisotopic (exact) mass is 408 g/mol. The molecule has 0 spiro atoms. The van der Waals surface area contributed by atoms with Crippen LogP contribution in [-0.4, -0.2) is 44.7 Å². The summed E-state index contributed by atoms with van der Waals surface area (Å²) in [6.45, 7) is 5.00. The summed E-state index contributed by atoms with van der Waals surface area (Å²) in [6.07, 6.45) is 7.24. The molecule has 3 N–H and O–H groups in total. The third-order valence-electron chi connectivity index (χ3n) is 5.53. The van der Waals surface area contributed by atoms with E-state index in [9.17, 15) is 4.79 Å². The van der Waals surface area contributed by atoms with Gasteiger partial charge in [-0.2, -0.15) is 5.10 Å². The number of rotatable bonds is 5. The summed E-state index contributed by atoms with van der Waals surface area (Å²) in [5.74, 6) is 0.688. The molecule has 1 aliphatic rings. The Bertz CT molecular complexity index is 966. The zero-order chi connectivity index (χ0) is 21.3. The highest BCUT2D eigenvalue weighted by Crippen LogP contribution is 2.26. The molecular formula is C23H28N4O3. The molecule has 1 aromatic carbocycles. The van der Waals surface area contributed by atoms with Gasteiger partial charge in [-0.15, -0.1) is 0 Å². The molecule has 0 saturated carbocycles. The zero-order valence-corrected chi connectivity index (χ0v) is 17.2. The number of benzene rings is 1. The first-order valence-corrected chi connectivity index (χ1v) is 10.2. The van der Waals surface area contributed by atoms with Gasteiger partial charge in [-0.3, -0.25) is 19.6 Å². The Morgan fingerprint density at radius 1 is 1.17 bits per heavy atom. The predicted molar refractivity (Wildman–Crippen MR) is 116 cm³/mol. The van der Waals surface area contributed by atoms with Crippen LogP contribution in [0.15, 0.2) is 53.6 Å². The molecule has 0 aliphatic carbocycles. The number of nitrogens with one attached hydrogen (secondary N) is 2. The Labute approximate surface area is 175 Å². The lowest BCUT2D eigenvalue weighted by molar-refractivity contribution is -0.122. The van der Waals surface area contributed by atoms with Crippen LogP contribution in [0.2, 0.25) is 0 Å². The number of hydrogen-bond acceptors (Lipinski definition) is 4. The van der Waals surface area contributed by atoms with E-state index in [1.807, 2.05) is 18.5 Å². The Morgan fingerprint density at radius 3 is 2.50 bits per heavy atom. The predicted octanol–water partition coefficient (Wildman–Crippen LogP) is 3.23. The van der Waals surface area contributed by atoms with Crippen molar-refractivity contribution in [3.8, 4) is 11.3 Å². The van der Waals surface area contributed by atoms with Gasteiger partial charge in [-0.25, -0.2) is 0 Å². The van der Waals surface area contributed by atoms with Gasteiger partial charge in [-0.05, 0) is 56.3 Å². The SMILES string of the molecule is Cc1ccc(-c2[nH]ncc2CN2CCC(Cc3ccc(=O)[nH]c3)CC2)cc1.O=CO. The molecule has 1 aliphatic heterocycles. The van der Waals surface area contributed by atoms with Crippen LogP contribution in [0.25, 0.3) is 11.3 Å². The number of aromatic nitrogens is 3. The summed E-state index contributed by atoms with van der Waals surface area (Å²) in [4.78, 5) is 24.8. The molecule has 2 aromatic heterocycles. The molecule has 0 bridgehead atoms. The summed E-state index contributed by atoms with van der Waals surface area (Å²) >= 11 is 0. The smallest absolute Gasteiger partial charge is 0.290 e. The van der Waals surface area contributed by atoms with Gasteiger partial charge < -0.3 is 10.1 Å². The molecule has 1 fully saturated rings. The van der Waals surface area contributed by atoms with Crippen molar-refractivity contribution in [3.05, 3.63) is 75.8 Å². The number of H-pyrrole nitrogens is 2. The number of likely N-dealkylation sites (tertiary alicyclic amines) is 1. The van der Waals surface area contributed by atoms with E-state index in [-0.39, 0.29) is 12.0 Å². The van der Waals surface area contributed by atoms with Crippen LogP contribution in [0.5, 0.6) is 0 Å². The molecule has 4 rings (SSSR count). The second kappa shape index (κ2) is 10.5. The lowest BCUT2D eigenvalue weighted by Gasteiger charge is -2.32. The lowest BCUT2D eigenvalue weighted by atomic mass is 9.90. The van der Waals surface area contributed by atoms with Crippen LogP contribution >= 0.6 is 0 Å². The number of nitrogens with zero attached hydrogens (tertiary/aromatic N) is 2. The second-order valence-corrected chi connectivity index (χ2v) is 7.73. The average molecular weight is 409 g/mol. The van der Waals surface area contributed by atoms with Crippen molar-refractivity contribution in [3.63, 3.8) is 0 Å². The molecule has 0 atom stereocenters. The molecule has 7 heteroatoms. The minimum Gasteiger partial charge on any atom is -0.483 e. The molecule has 0 unspecified atom stereocenters. The summed E-state index contributed by atoms with van der Waals surface area (Å²) in [6, 6.07) is 12.2. The van der Waals surface area contributed by atoms with Crippen LogP contribution in [0.4, 0.5) is 0 Å². The van der Waals surface area contributed by atoms with Crippen LogP contribution in [-0.2, 0) is 17.8 Å². The second-order valence-electron chi connectivity index (χ2n) is 7.73. The Balaban J connectivity index is 0.000000806. The summed E-state index contributed by atoms with van der Waals surface area (Å²) < 4.78 is 0. The van der Waals surface area contributed by atoms with Gasteiger partial charge in [0, 0.05) is 24.4 Å². The van der Waals surface area contributed by atoms with Crippen LogP contribution < -0.4 is 5.56 Å². The first-order chi connectivity index (χ1) is 14.6. The molecule has 3 heterocycles. The fourth-order valence-electron chi connectivity index (χ4n) is 3.89. The average Bonchev–Trinajstić information content (AvgIpc) is 3.20. The number of aromatic amines is 2. The fraction of sp³-hybridized carbons (Fsp3) is 0.348. The fourth-order valence-corrected chi connectivity index (χ4v) is 3.89. The first kappa shape index (κ1) is 21.5. The maximum Gasteiger partial charge on any atom is 0.290 e. The highest BCUT2D eigenvalue weighted by molar-refractivity contribution is 5.62. The van der Waals surface area contributed by atoms with E-state index in [4.69, 9.17) is 9.90 Å². The van der Waals surface area contributed by atoms with Crippen LogP contribution in [0, 0.1) is 12.8 Å². The first-order valence-electron chi connectivity index (χ1n) is 10.2. The number of carboxylic acid groups (broad SMARTS) is 1. The van der Waals surface area contributed by atoms with E-state index >= 15 is 0 Å². The lowest BCUT2D eigenvalue weighted by Crippen LogP contribution is -2.34. The highest BCUT2D eigenvalue weighted by atomic mass is 16.3. The largest absolute Gasteiger partial charge is 0.483 e. The van der Waals surface area contributed by atoms with Crippen molar-refractivity contribution >= 4 is 6.47 Å². The number of hydrogen-bond donors (Lipinski definition) is 3. The molecule has 158 valence electrons.